The Labute approximate surface area is 157 Å². The van der Waals surface area contributed by atoms with Gasteiger partial charge in [0, 0.05) is 5.92 Å². The molecule has 3 rings (SSSR count). The van der Waals surface area contributed by atoms with Crippen LogP contribution < -0.4 is 10.5 Å². The number of esters is 1. The number of ether oxygens (including phenoxy) is 2. The van der Waals surface area contributed by atoms with Crippen molar-refractivity contribution in [2.75, 3.05) is 12.3 Å². The Hall–Kier alpha value is -2.70. The summed E-state index contributed by atoms with van der Waals surface area (Å²) in [6.45, 7) is 4.97. The zero-order chi connectivity index (χ0) is 19.6. The topological polar surface area (TPSA) is 87.3 Å². The van der Waals surface area contributed by atoms with Crippen LogP contribution in [-0.2, 0) is 9.53 Å². The predicted octanol–water partition coefficient (Wildman–Crippen LogP) is 3.58. The average molecular weight is 373 g/mol. The Morgan fingerprint density at radius 1 is 1.22 bits per heavy atom. The molecule has 0 atom stereocenters. The summed E-state index contributed by atoms with van der Waals surface area (Å²) in [5.74, 6) is 0.0192. The lowest BCUT2D eigenvalue weighted by Crippen LogP contribution is -2.27. The van der Waals surface area contributed by atoms with Crippen LogP contribution in [0.25, 0.3) is 0 Å². The second-order valence-corrected chi connectivity index (χ2v) is 7.80. The van der Waals surface area contributed by atoms with E-state index in [1.165, 1.54) is 6.07 Å². The number of rotatable bonds is 5. The van der Waals surface area contributed by atoms with Crippen LogP contribution in [0.1, 0.15) is 56.7 Å². The molecular formula is C20H24FN3O3. The van der Waals surface area contributed by atoms with Gasteiger partial charge in [0.15, 0.2) is 18.2 Å². The van der Waals surface area contributed by atoms with E-state index < -0.39 is 17.4 Å². The maximum atomic E-state index is 14.3. The van der Waals surface area contributed by atoms with Gasteiger partial charge in [0.2, 0.25) is 0 Å². The van der Waals surface area contributed by atoms with Gasteiger partial charge >= 0.3 is 5.97 Å². The zero-order valence-electron chi connectivity index (χ0n) is 15.7. The van der Waals surface area contributed by atoms with Crippen LogP contribution in [0.2, 0.25) is 0 Å². The Morgan fingerprint density at radius 2 is 1.96 bits per heavy atom. The number of anilines is 1. The summed E-state index contributed by atoms with van der Waals surface area (Å²) in [7, 11) is 0. The predicted molar refractivity (Wildman–Crippen MR) is 98.9 cm³/mol. The standard InChI is InChI=1S/C20H24FN3O3/c1-20(2,3)27-19(25)11-26-17-5-4-12(8-15(17)21)13-6-14(7-13)16-9-24-18(22)10-23-16/h4-5,8-10,13-14H,6-7,11H2,1-3H3,(H2,22,24). The van der Waals surface area contributed by atoms with E-state index in [0.29, 0.717) is 11.7 Å². The minimum Gasteiger partial charge on any atom is -0.479 e. The summed E-state index contributed by atoms with van der Waals surface area (Å²) in [6, 6.07) is 4.87. The summed E-state index contributed by atoms with van der Waals surface area (Å²) < 4.78 is 24.7. The lowest BCUT2D eigenvalue weighted by Gasteiger charge is -2.35. The first kappa shape index (κ1) is 19.1. The van der Waals surface area contributed by atoms with Crippen molar-refractivity contribution in [1.82, 2.24) is 9.97 Å². The third-order valence-corrected chi connectivity index (χ3v) is 4.44. The number of nitrogens with zero attached hydrogens (tertiary/aromatic N) is 2. The Bertz CT molecular complexity index is 812. The normalized spacial score (nSPS) is 19.3. The molecule has 0 bridgehead atoms. The summed E-state index contributed by atoms with van der Waals surface area (Å²) in [6.07, 6.45) is 5.02. The van der Waals surface area contributed by atoms with E-state index in [1.54, 1.807) is 39.2 Å². The number of benzene rings is 1. The molecule has 0 spiro atoms. The smallest absolute Gasteiger partial charge is 0.344 e. The largest absolute Gasteiger partial charge is 0.479 e. The number of carbonyl (C=O) groups is 1. The Balaban J connectivity index is 1.54. The van der Waals surface area contributed by atoms with Crippen molar-refractivity contribution >= 4 is 11.8 Å². The van der Waals surface area contributed by atoms with Gasteiger partial charge in [-0.2, -0.15) is 0 Å². The third kappa shape index (κ3) is 4.93. The van der Waals surface area contributed by atoms with E-state index in [0.717, 1.165) is 24.1 Å². The molecule has 27 heavy (non-hydrogen) atoms. The van der Waals surface area contributed by atoms with Gasteiger partial charge in [0.05, 0.1) is 18.1 Å². The number of halogens is 1. The van der Waals surface area contributed by atoms with Crippen molar-refractivity contribution in [3.63, 3.8) is 0 Å². The first-order valence-corrected chi connectivity index (χ1v) is 8.93. The monoisotopic (exact) mass is 373 g/mol. The molecule has 1 aliphatic rings. The lowest BCUT2D eigenvalue weighted by atomic mass is 9.70. The molecule has 6 nitrogen and oxygen atoms in total. The number of carbonyl (C=O) groups excluding carboxylic acids is 1. The van der Waals surface area contributed by atoms with E-state index in [2.05, 4.69) is 9.97 Å². The van der Waals surface area contributed by atoms with Crippen molar-refractivity contribution in [3.05, 3.63) is 47.7 Å². The lowest BCUT2D eigenvalue weighted by molar-refractivity contribution is -0.157. The molecule has 144 valence electrons. The fourth-order valence-electron chi connectivity index (χ4n) is 3.09. The minimum atomic E-state index is -0.599. The molecule has 0 aliphatic heterocycles. The summed E-state index contributed by atoms with van der Waals surface area (Å²) in [4.78, 5) is 20.0. The molecule has 2 N–H and O–H groups in total. The van der Waals surface area contributed by atoms with Gasteiger partial charge in [0.25, 0.3) is 0 Å². The Kier molecular flexibility index (Phi) is 5.30. The number of aromatic nitrogens is 2. The molecule has 0 radical (unpaired) electrons. The minimum absolute atomic E-state index is 0.0462. The number of nitrogens with two attached hydrogens (primary N) is 1. The van der Waals surface area contributed by atoms with Crippen molar-refractivity contribution in [1.29, 1.82) is 0 Å². The van der Waals surface area contributed by atoms with Crippen LogP contribution in [0.5, 0.6) is 5.75 Å². The number of hydrogen-bond acceptors (Lipinski definition) is 6. The van der Waals surface area contributed by atoms with Gasteiger partial charge in [-0.15, -0.1) is 0 Å². The van der Waals surface area contributed by atoms with Crippen LogP contribution in [-0.4, -0.2) is 28.1 Å². The quantitative estimate of drug-likeness (QED) is 0.806. The van der Waals surface area contributed by atoms with E-state index in [1.807, 2.05) is 6.07 Å². The molecule has 0 amide bonds. The van der Waals surface area contributed by atoms with E-state index in [4.69, 9.17) is 15.2 Å². The maximum Gasteiger partial charge on any atom is 0.344 e. The second kappa shape index (κ2) is 7.50. The fraction of sp³-hybridized carbons (Fsp3) is 0.450. The van der Waals surface area contributed by atoms with Gasteiger partial charge in [-0.05, 0) is 57.2 Å². The van der Waals surface area contributed by atoms with E-state index >= 15 is 0 Å². The van der Waals surface area contributed by atoms with Gasteiger partial charge in [-0.25, -0.2) is 14.2 Å². The molecular weight excluding hydrogens is 349 g/mol. The Morgan fingerprint density at radius 3 is 2.56 bits per heavy atom. The first-order valence-electron chi connectivity index (χ1n) is 8.93. The molecule has 7 heteroatoms. The summed E-state index contributed by atoms with van der Waals surface area (Å²) in [5, 5.41) is 0. The van der Waals surface area contributed by atoms with E-state index in [-0.39, 0.29) is 18.3 Å². The summed E-state index contributed by atoms with van der Waals surface area (Å²) >= 11 is 0. The molecule has 1 aromatic heterocycles. The van der Waals surface area contributed by atoms with Gasteiger partial charge in [-0.1, -0.05) is 6.07 Å². The zero-order valence-corrected chi connectivity index (χ0v) is 15.7. The van der Waals surface area contributed by atoms with Crippen LogP contribution in [0.3, 0.4) is 0 Å². The van der Waals surface area contributed by atoms with Gasteiger partial charge in [0.1, 0.15) is 11.4 Å². The molecule has 1 heterocycles. The highest BCUT2D eigenvalue weighted by Crippen LogP contribution is 2.47. The SMILES string of the molecule is CC(C)(C)OC(=O)COc1ccc(C2CC(c3cnc(N)cn3)C2)cc1F. The molecule has 1 aliphatic carbocycles. The van der Waals surface area contributed by atoms with Crippen molar-refractivity contribution in [3.8, 4) is 5.75 Å². The van der Waals surface area contributed by atoms with Crippen LogP contribution >= 0.6 is 0 Å². The first-order chi connectivity index (χ1) is 12.7. The number of nitrogen functional groups attached to an aromatic ring is 1. The second-order valence-electron chi connectivity index (χ2n) is 7.80. The van der Waals surface area contributed by atoms with Crippen molar-refractivity contribution in [2.24, 2.45) is 0 Å². The molecule has 2 aromatic rings. The van der Waals surface area contributed by atoms with Crippen LogP contribution in [0.4, 0.5) is 10.2 Å². The van der Waals surface area contributed by atoms with Gasteiger partial charge < -0.3 is 15.2 Å². The third-order valence-electron chi connectivity index (χ3n) is 4.44. The van der Waals surface area contributed by atoms with Crippen molar-refractivity contribution < 1.29 is 18.7 Å². The average Bonchev–Trinajstić information content (AvgIpc) is 2.53. The highest BCUT2D eigenvalue weighted by atomic mass is 19.1. The fourth-order valence-corrected chi connectivity index (χ4v) is 3.09. The highest BCUT2D eigenvalue weighted by Gasteiger charge is 2.33. The highest BCUT2D eigenvalue weighted by molar-refractivity contribution is 5.71. The molecule has 0 unspecified atom stereocenters. The van der Waals surface area contributed by atoms with Crippen LogP contribution in [0.15, 0.2) is 30.6 Å². The molecule has 1 saturated carbocycles. The van der Waals surface area contributed by atoms with Crippen molar-refractivity contribution in [2.45, 2.75) is 51.0 Å². The summed E-state index contributed by atoms with van der Waals surface area (Å²) in [5.41, 5.74) is 6.78. The maximum absolute atomic E-state index is 14.3. The van der Waals surface area contributed by atoms with E-state index in [9.17, 15) is 9.18 Å². The van der Waals surface area contributed by atoms with Crippen LogP contribution in [0, 0.1) is 5.82 Å². The molecule has 0 saturated heterocycles. The van der Waals surface area contributed by atoms with Gasteiger partial charge in [-0.3, -0.25) is 4.98 Å². The molecule has 1 aromatic carbocycles. The number of hydrogen-bond donors (Lipinski definition) is 1. The molecule has 1 fully saturated rings.